The summed E-state index contributed by atoms with van der Waals surface area (Å²) in [5.41, 5.74) is 4.56. The van der Waals surface area contributed by atoms with Crippen molar-refractivity contribution in [2.75, 3.05) is 0 Å². The maximum atomic E-state index is 12.7. The van der Waals surface area contributed by atoms with Gasteiger partial charge in [-0.05, 0) is 15.4 Å². The molecule has 0 aliphatic rings. The third-order valence-electron chi connectivity index (χ3n) is 5.63. The van der Waals surface area contributed by atoms with Gasteiger partial charge in [0.2, 0.25) is 8.07 Å². The summed E-state index contributed by atoms with van der Waals surface area (Å²) < 4.78 is 0. The molecule has 0 saturated heterocycles. The van der Waals surface area contributed by atoms with Crippen LogP contribution in [-0.2, 0) is 0 Å². The van der Waals surface area contributed by atoms with Crippen molar-refractivity contribution in [2.45, 2.75) is 39.2 Å². The molecule has 152 valence electrons. The van der Waals surface area contributed by atoms with Gasteiger partial charge in [-0.25, -0.2) is 0 Å². The van der Waals surface area contributed by atoms with Crippen LogP contribution in [0.1, 0.15) is 44.5 Å². The molecule has 0 aliphatic carbocycles. The maximum Gasteiger partial charge on any atom is 0.204 e. The van der Waals surface area contributed by atoms with Crippen molar-refractivity contribution in [3.8, 4) is 11.5 Å². The minimum absolute atomic E-state index is 0.000597. The lowest BCUT2D eigenvalue weighted by Gasteiger charge is -2.39. The smallest absolute Gasteiger partial charge is 0.204 e. The Balaban J connectivity index is 2.03. The van der Waals surface area contributed by atoms with E-state index in [0.29, 0.717) is 6.42 Å². The van der Waals surface area contributed by atoms with Gasteiger partial charge in [-0.2, -0.15) is 0 Å². The molecule has 0 bridgehead atoms. The van der Waals surface area contributed by atoms with Gasteiger partial charge in [-0.15, -0.1) is 11.5 Å². The van der Waals surface area contributed by atoms with E-state index in [0.717, 1.165) is 5.56 Å². The lowest BCUT2D eigenvalue weighted by Crippen LogP contribution is -2.63. The molecule has 3 aromatic carbocycles. The second kappa shape index (κ2) is 9.28. The van der Waals surface area contributed by atoms with E-state index in [1.54, 1.807) is 0 Å². The summed E-state index contributed by atoms with van der Waals surface area (Å²) in [6, 6.07) is 30.9. The van der Waals surface area contributed by atoms with Gasteiger partial charge in [0.1, 0.15) is 0 Å². The van der Waals surface area contributed by atoms with E-state index in [-0.39, 0.29) is 16.7 Å². The number of carbonyl (C=O) groups excluding carboxylic acids is 1. The van der Waals surface area contributed by atoms with Crippen molar-refractivity contribution in [3.05, 3.63) is 96.6 Å². The Morgan fingerprint density at radius 2 is 1.23 bits per heavy atom. The second-order valence-electron chi connectivity index (χ2n) is 8.90. The first-order chi connectivity index (χ1) is 14.3. The van der Waals surface area contributed by atoms with Crippen molar-refractivity contribution >= 4 is 24.2 Å². The van der Waals surface area contributed by atoms with E-state index in [1.807, 2.05) is 30.3 Å². The van der Waals surface area contributed by atoms with Crippen LogP contribution in [0.2, 0.25) is 5.04 Å². The number of ketones is 1. The zero-order valence-electron chi connectivity index (χ0n) is 18.4. The Morgan fingerprint density at radius 1 is 0.800 bits per heavy atom. The third-order valence-corrected chi connectivity index (χ3v) is 10.8. The molecular formula is C28H30OSi. The highest BCUT2D eigenvalue weighted by Gasteiger charge is 2.47. The number of carbonyl (C=O) groups is 1. The van der Waals surface area contributed by atoms with Gasteiger partial charge in [-0.3, -0.25) is 4.79 Å². The average molecular weight is 411 g/mol. The molecule has 0 aromatic heterocycles. The fraction of sp³-hybridized carbons (Fsp3) is 0.250. The van der Waals surface area contributed by atoms with Crippen LogP contribution in [-0.4, -0.2) is 13.9 Å². The van der Waals surface area contributed by atoms with Crippen LogP contribution in [0.5, 0.6) is 0 Å². The van der Waals surface area contributed by atoms with E-state index in [4.69, 9.17) is 0 Å². The molecule has 0 unspecified atom stereocenters. The zero-order valence-corrected chi connectivity index (χ0v) is 19.4. The molecule has 0 saturated carbocycles. The minimum Gasteiger partial charge on any atom is -0.294 e. The number of Topliss-reactive ketones (excluding diaryl/α,β-unsaturated/α-hetero) is 1. The van der Waals surface area contributed by atoms with Crippen LogP contribution in [0.15, 0.2) is 91.0 Å². The predicted molar refractivity (Wildman–Crippen MR) is 130 cm³/mol. The van der Waals surface area contributed by atoms with Gasteiger partial charge in [0, 0.05) is 17.9 Å². The molecule has 0 amide bonds. The highest BCUT2D eigenvalue weighted by Crippen LogP contribution is 2.35. The fourth-order valence-corrected chi connectivity index (χ4v) is 8.62. The average Bonchev–Trinajstić information content (AvgIpc) is 2.75. The molecule has 0 radical (unpaired) electrons. The predicted octanol–water partition coefficient (Wildman–Crippen LogP) is 5.50. The van der Waals surface area contributed by atoms with Gasteiger partial charge in [0.25, 0.3) is 0 Å². The summed E-state index contributed by atoms with van der Waals surface area (Å²) in [5, 5.41) is 2.63. The van der Waals surface area contributed by atoms with Gasteiger partial charge in [0.05, 0.1) is 0 Å². The molecule has 0 aliphatic heterocycles. The molecule has 1 atom stereocenters. The largest absolute Gasteiger partial charge is 0.294 e. The van der Waals surface area contributed by atoms with Crippen LogP contribution in [0.3, 0.4) is 0 Å². The normalized spacial score (nSPS) is 12.5. The zero-order chi connectivity index (χ0) is 21.6. The number of hydrogen-bond acceptors (Lipinski definition) is 1. The van der Waals surface area contributed by atoms with E-state index in [9.17, 15) is 4.79 Å². The van der Waals surface area contributed by atoms with Crippen LogP contribution in [0.4, 0.5) is 0 Å². The molecule has 0 heterocycles. The summed E-state index contributed by atoms with van der Waals surface area (Å²) in [7, 11) is -2.41. The van der Waals surface area contributed by atoms with E-state index in [1.165, 1.54) is 10.4 Å². The van der Waals surface area contributed by atoms with Crippen molar-refractivity contribution in [1.82, 2.24) is 0 Å². The Bertz CT molecular complexity index is 982. The molecule has 0 fully saturated rings. The lowest BCUT2D eigenvalue weighted by molar-refractivity contribution is 0.0973. The molecule has 0 spiro atoms. The van der Waals surface area contributed by atoms with Crippen molar-refractivity contribution in [1.29, 1.82) is 0 Å². The quantitative estimate of drug-likeness (QED) is 0.308. The van der Waals surface area contributed by atoms with Crippen LogP contribution < -0.4 is 10.4 Å². The number of rotatable bonds is 5. The summed E-state index contributed by atoms with van der Waals surface area (Å²) >= 11 is 0. The molecular weight excluding hydrogens is 380 g/mol. The second-order valence-corrected chi connectivity index (χ2v) is 13.3. The van der Waals surface area contributed by atoms with Gasteiger partial charge >= 0.3 is 0 Å². The third kappa shape index (κ3) is 4.63. The first-order valence-corrected chi connectivity index (χ1v) is 12.6. The Hall–Kier alpha value is -2.89. The maximum absolute atomic E-state index is 12.7. The van der Waals surface area contributed by atoms with Crippen LogP contribution >= 0.6 is 0 Å². The highest BCUT2D eigenvalue weighted by molar-refractivity contribution is 7.10. The topological polar surface area (TPSA) is 17.1 Å². The molecule has 0 N–H and O–H groups in total. The van der Waals surface area contributed by atoms with E-state index < -0.39 is 8.07 Å². The number of hydrogen-bond donors (Lipinski definition) is 0. The van der Waals surface area contributed by atoms with Gasteiger partial charge < -0.3 is 0 Å². The summed E-state index contributed by atoms with van der Waals surface area (Å²) in [4.78, 5) is 12.7. The van der Waals surface area contributed by atoms with Gasteiger partial charge in [-0.1, -0.05) is 119 Å². The molecule has 3 aromatic rings. The number of benzene rings is 3. The van der Waals surface area contributed by atoms with E-state index >= 15 is 0 Å². The molecule has 1 nitrogen and oxygen atoms in total. The van der Waals surface area contributed by atoms with E-state index in [2.05, 4.69) is 99.8 Å². The molecule has 2 heteroatoms. The SMILES string of the molecule is C[C@H](C#C[Si](c1ccccc1)(c1ccccc1)C(C)(C)C)CC(=O)c1ccccc1. The van der Waals surface area contributed by atoms with Gasteiger partial charge in [0.15, 0.2) is 5.78 Å². The standard InChI is InChI=1S/C28H30OSi/c1-23(22-27(29)24-14-8-5-9-15-24)20-21-30(28(2,3)4,25-16-10-6-11-17-25)26-18-12-7-13-19-26/h5-19,23H,22H2,1-4H3/t23-/m1/s1. The Labute approximate surface area is 182 Å². The minimum atomic E-state index is -2.41. The highest BCUT2D eigenvalue weighted by atomic mass is 28.3. The first kappa shape index (κ1) is 21.8. The van der Waals surface area contributed by atoms with Crippen molar-refractivity contribution in [2.24, 2.45) is 5.92 Å². The first-order valence-electron chi connectivity index (χ1n) is 10.6. The summed E-state index contributed by atoms with van der Waals surface area (Å²) in [6.45, 7) is 8.96. The van der Waals surface area contributed by atoms with Crippen LogP contribution in [0, 0.1) is 17.4 Å². The monoisotopic (exact) mass is 410 g/mol. The van der Waals surface area contributed by atoms with Crippen LogP contribution in [0.25, 0.3) is 0 Å². The lowest BCUT2D eigenvalue weighted by atomic mass is 10.0. The Kier molecular flexibility index (Phi) is 6.75. The van der Waals surface area contributed by atoms with Crippen molar-refractivity contribution < 1.29 is 4.79 Å². The fourth-order valence-electron chi connectivity index (χ4n) is 4.04. The Morgan fingerprint density at radius 3 is 1.67 bits per heavy atom. The molecule has 3 rings (SSSR count). The molecule has 30 heavy (non-hydrogen) atoms. The summed E-state index contributed by atoms with van der Waals surface area (Å²) in [5.74, 6) is 3.67. The van der Waals surface area contributed by atoms with Crippen molar-refractivity contribution in [3.63, 3.8) is 0 Å². The summed E-state index contributed by atoms with van der Waals surface area (Å²) in [6.07, 6.45) is 0.440.